The lowest BCUT2D eigenvalue weighted by Gasteiger charge is -2.22. The molecule has 0 radical (unpaired) electrons. The summed E-state index contributed by atoms with van der Waals surface area (Å²) in [7, 11) is 0. The Morgan fingerprint density at radius 3 is 2.77 bits per heavy atom. The number of nitrogens with two attached hydrogens (primary N) is 2. The van der Waals surface area contributed by atoms with Gasteiger partial charge in [-0.1, -0.05) is 5.21 Å². The van der Waals surface area contributed by atoms with Gasteiger partial charge in [-0.3, -0.25) is 4.79 Å². The number of fused-ring (bicyclic) bond motifs is 1. The van der Waals surface area contributed by atoms with Crippen molar-refractivity contribution in [2.24, 2.45) is 5.73 Å². The molecule has 13 heteroatoms. The van der Waals surface area contributed by atoms with Gasteiger partial charge in [0, 0.05) is 5.75 Å². The molecule has 0 spiro atoms. The van der Waals surface area contributed by atoms with E-state index in [-0.39, 0.29) is 17.9 Å². The summed E-state index contributed by atoms with van der Waals surface area (Å²) in [5.74, 6) is -0.0295. The predicted molar refractivity (Wildman–Crippen MR) is 93.2 cm³/mol. The lowest BCUT2D eigenvalue weighted by Crippen LogP contribution is -2.31. The van der Waals surface area contributed by atoms with Gasteiger partial charge in [0.05, 0.1) is 19.3 Å². The van der Waals surface area contributed by atoms with E-state index < -0.39 is 30.9 Å². The number of thioether (sulfide) groups is 1. The molecular formula is C13H21N7O5S. The van der Waals surface area contributed by atoms with Crippen LogP contribution in [-0.4, -0.2) is 83.1 Å². The van der Waals surface area contributed by atoms with Crippen LogP contribution in [0.3, 0.4) is 0 Å². The summed E-state index contributed by atoms with van der Waals surface area (Å²) in [6.07, 6.45) is 0.00709. The molecule has 144 valence electrons. The van der Waals surface area contributed by atoms with Gasteiger partial charge in [-0.05, 0) is 12.2 Å². The minimum absolute atomic E-state index is 0.155. The summed E-state index contributed by atoms with van der Waals surface area (Å²) in [4.78, 5) is 18.5. The van der Waals surface area contributed by atoms with Crippen molar-refractivity contribution in [3.8, 4) is 0 Å². The highest BCUT2D eigenvalue weighted by Crippen LogP contribution is 2.20. The monoisotopic (exact) mass is 387 g/mol. The van der Waals surface area contributed by atoms with E-state index in [1.807, 2.05) is 0 Å². The Bertz CT molecular complexity index is 730. The van der Waals surface area contributed by atoms with Crippen LogP contribution in [-0.2, 0) is 9.53 Å². The first-order valence-electron chi connectivity index (χ1n) is 7.72. The van der Waals surface area contributed by atoms with E-state index in [1.54, 1.807) is 0 Å². The van der Waals surface area contributed by atoms with Gasteiger partial charge in [-0.2, -0.15) is 16.4 Å². The number of aliphatic hydroxyl groups excluding tert-OH is 2. The van der Waals surface area contributed by atoms with E-state index in [0.717, 1.165) is 0 Å². The molecule has 0 aliphatic heterocycles. The number of nitrogens with zero attached hydrogens (tertiary/aromatic N) is 5. The molecule has 2 aromatic rings. The van der Waals surface area contributed by atoms with Crippen LogP contribution in [0.5, 0.6) is 0 Å². The van der Waals surface area contributed by atoms with Crippen LogP contribution in [0.1, 0.15) is 12.6 Å². The van der Waals surface area contributed by atoms with Crippen LogP contribution >= 0.6 is 11.8 Å². The van der Waals surface area contributed by atoms with E-state index in [1.165, 1.54) is 22.8 Å². The summed E-state index contributed by atoms with van der Waals surface area (Å²) >= 11 is 1.39. The molecule has 0 unspecified atom stereocenters. The van der Waals surface area contributed by atoms with Crippen LogP contribution < -0.4 is 11.5 Å². The zero-order valence-electron chi connectivity index (χ0n) is 13.8. The second kappa shape index (κ2) is 9.59. The number of carbonyl (C=O) groups is 1. The van der Waals surface area contributed by atoms with Crippen molar-refractivity contribution in [3.05, 3.63) is 6.33 Å². The first kappa shape index (κ1) is 20.3. The number of nitrogen functional groups attached to an aromatic ring is 1. The Hall–Kier alpha value is -2.06. The topological polar surface area (TPSA) is 196 Å². The normalized spacial score (nSPS) is 15.0. The quantitative estimate of drug-likeness (QED) is 0.272. The molecule has 26 heavy (non-hydrogen) atoms. The highest BCUT2D eigenvalue weighted by molar-refractivity contribution is 7.99. The summed E-state index contributed by atoms with van der Waals surface area (Å²) in [6, 6.07) is -0.923. The second-order valence-corrected chi connectivity index (χ2v) is 6.50. The molecule has 12 nitrogen and oxygen atoms in total. The number of aliphatic carboxylic acids is 1. The molecular weight excluding hydrogens is 366 g/mol. The third-order valence-electron chi connectivity index (χ3n) is 3.47. The number of hydrogen-bond acceptors (Lipinski definition) is 11. The Morgan fingerprint density at radius 1 is 1.35 bits per heavy atom. The lowest BCUT2D eigenvalue weighted by atomic mass is 10.2. The highest BCUT2D eigenvalue weighted by atomic mass is 32.2. The van der Waals surface area contributed by atoms with Crippen molar-refractivity contribution < 1.29 is 24.9 Å². The van der Waals surface area contributed by atoms with Crippen LogP contribution in [0.25, 0.3) is 11.2 Å². The maximum Gasteiger partial charge on any atom is 0.320 e. The van der Waals surface area contributed by atoms with Crippen molar-refractivity contribution in [2.75, 3.05) is 30.5 Å². The van der Waals surface area contributed by atoms with Crippen LogP contribution in [0, 0.1) is 0 Å². The first-order valence-corrected chi connectivity index (χ1v) is 8.88. The molecule has 3 atom stereocenters. The maximum absolute atomic E-state index is 10.7. The standard InChI is InChI=1S/C13H21N7O5S/c14-8(13(23)24)1-2-26-5-7(3-21)25-9(4-22)20-12-10(18-19-20)11(15)16-6-17-12/h6-9,21-22H,1-5,14H2,(H,23,24)(H2,15,16,17)/t7-,8+,9+/m0/s1. The smallest absolute Gasteiger partial charge is 0.320 e. The van der Waals surface area contributed by atoms with Gasteiger partial charge in [0.15, 0.2) is 23.2 Å². The van der Waals surface area contributed by atoms with E-state index in [9.17, 15) is 15.0 Å². The fourth-order valence-corrected chi connectivity index (χ4v) is 3.09. The van der Waals surface area contributed by atoms with Crippen molar-refractivity contribution in [1.29, 1.82) is 0 Å². The summed E-state index contributed by atoms with van der Waals surface area (Å²) in [5, 5.41) is 35.6. The van der Waals surface area contributed by atoms with Crippen LogP contribution in [0.4, 0.5) is 5.82 Å². The zero-order chi connectivity index (χ0) is 19.1. The van der Waals surface area contributed by atoms with Gasteiger partial charge in [-0.15, -0.1) is 5.10 Å². The fourth-order valence-electron chi connectivity index (χ4n) is 2.06. The molecule has 0 bridgehead atoms. The number of ether oxygens (including phenoxy) is 1. The molecule has 0 amide bonds. The largest absolute Gasteiger partial charge is 0.480 e. The predicted octanol–water partition coefficient (Wildman–Crippen LogP) is -1.79. The van der Waals surface area contributed by atoms with Crippen LogP contribution in [0.2, 0.25) is 0 Å². The van der Waals surface area contributed by atoms with E-state index >= 15 is 0 Å². The third-order valence-corrected chi connectivity index (χ3v) is 4.60. The van der Waals surface area contributed by atoms with Gasteiger partial charge >= 0.3 is 5.97 Å². The summed E-state index contributed by atoms with van der Waals surface area (Å²) in [5.41, 5.74) is 11.7. The molecule has 7 N–H and O–H groups in total. The van der Waals surface area contributed by atoms with E-state index in [0.29, 0.717) is 23.6 Å². The van der Waals surface area contributed by atoms with Crippen molar-refractivity contribution >= 4 is 34.7 Å². The van der Waals surface area contributed by atoms with Crippen LogP contribution in [0.15, 0.2) is 6.33 Å². The number of hydrogen-bond donors (Lipinski definition) is 5. The van der Waals surface area contributed by atoms with Crippen molar-refractivity contribution in [1.82, 2.24) is 25.0 Å². The van der Waals surface area contributed by atoms with E-state index in [4.69, 9.17) is 21.3 Å². The second-order valence-electron chi connectivity index (χ2n) is 5.35. The number of anilines is 1. The summed E-state index contributed by atoms with van der Waals surface area (Å²) in [6.45, 7) is -0.717. The number of carboxylic acid groups (broad SMARTS) is 1. The van der Waals surface area contributed by atoms with Gasteiger partial charge in [0.25, 0.3) is 0 Å². The Labute approximate surface area is 152 Å². The number of aromatic nitrogens is 5. The molecule has 0 fully saturated rings. The molecule has 2 heterocycles. The average molecular weight is 387 g/mol. The van der Waals surface area contributed by atoms with E-state index in [2.05, 4.69) is 20.3 Å². The molecule has 2 aromatic heterocycles. The van der Waals surface area contributed by atoms with Gasteiger partial charge < -0.3 is 31.5 Å². The fraction of sp³-hybridized carbons (Fsp3) is 0.615. The van der Waals surface area contributed by atoms with Crippen molar-refractivity contribution in [2.45, 2.75) is 24.8 Å². The summed E-state index contributed by atoms with van der Waals surface area (Å²) < 4.78 is 6.95. The number of aliphatic hydroxyl groups is 2. The Balaban J connectivity index is 1.96. The minimum atomic E-state index is -1.06. The first-order chi connectivity index (χ1) is 12.5. The molecule has 0 aliphatic carbocycles. The van der Waals surface area contributed by atoms with Crippen molar-refractivity contribution in [3.63, 3.8) is 0 Å². The molecule has 0 aliphatic rings. The van der Waals surface area contributed by atoms with Gasteiger partial charge in [-0.25, -0.2) is 9.97 Å². The average Bonchev–Trinajstić information content (AvgIpc) is 3.06. The molecule has 0 saturated carbocycles. The SMILES string of the molecule is Nc1ncnc2c1nnn2[C@@H](CO)O[C@@H](CO)CSCC[C@@H](N)C(=O)O. The Morgan fingerprint density at radius 2 is 2.12 bits per heavy atom. The zero-order valence-corrected chi connectivity index (χ0v) is 14.6. The lowest BCUT2D eigenvalue weighted by molar-refractivity contribution is -0.138. The highest BCUT2D eigenvalue weighted by Gasteiger charge is 2.22. The minimum Gasteiger partial charge on any atom is -0.480 e. The molecule has 0 saturated heterocycles. The Kier molecular flexibility index (Phi) is 7.47. The maximum atomic E-state index is 10.7. The number of carboxylic acids is 1. The molecule has 0 aromatic carbocycles. The van der Waals surface area contributed by atoms with Gasteiger partial charge in [0.1, 0.15) is 12.4 Å². The number of rotatable bonds is 11. The third kappa shape index (κ3) is 4.98. The van der Waals surface area contributed by atoms with Gasteiger partial charge in [0.2, 0.25) is 0 Å². The molecule has 2 rings (SSSR count).